The van der Waals surface area contributed by atoms with Crippen LogP contribution in [0.25, 0.3) is 0 Å². The quantitative estimate of drug-likeness (QED) is 0.490. The van der Waals surface area contributed by atoms with Crippen LogP contribution in [-0.4, -0.2) is 47.6 Å². The van der Waals surface area contributed by atoms with Crippen molar-refractivity contribution in [3.63, 3.8) is 0 Å². The van der Waals surface area contributed by atoms with E-state index in [0.29, 0.717) is 6.61 Å². The molecule has 2 unspecified atom stereocenters. The Hall–Kier alpha value is 0.0400. The molecule has 0 fully saturated rings. The molecule has 0 heterocycles. The van der Waals surface area contributed by atoms with Crippen molar-refractivity contribution in [1.29, 1.82) is 0 Å². The van der Waals surface area contributed by atoms with E-state index < -0.39 is 18.0 Å². The number of aliphatic hydroxyl groups excluding tert-OH is 2. The largest absolute Gasteiger partial charge is 1.00 e. The summed E-state index contributed by atoms with van der Waals surface area (Å²) in [4.78, 5) is 20.5. The van der Waals surface area contributed by atoms with Crippen LogP contribution in [0.1, 0.15) is 34.6 Å². The summed E-state index contributed by atoms with van der Waals surface area (Å²) < 4.78 is 4.95. The molecule has 2 N–H and O–H groups in total. The molecule has 1 aromatic carbocycles. The van der Waals surface area contributed by atoms with E-state index in [1.54, 1.807) is 13.8 Å². The number of aliphatic hydroxyl groups is 2. The number of carbonyl (C=O) groups excluding carboxylic acids is 2. The zero-order valence-corrected chi connectivity index (χ0v) is 17.8. The molecular formula is C14H18Na2O7. The number of carboxylic acid groups (broad SMARTS) is 2. The molecule has 118 valence electrons. The van der Waals surface area contributed by atoms with Crippen LogP contribution in [0.5, 0.6) is 0 Å². The first-order chi connectivity index (χ1) is 9.77. The second kappa shape index (κ2) is 15.6. The van der Waals surface area contributed by atoms with Crippen molar-refractivity contribution in [2.45, 2.75) is 26.1 Å². The van der Waals surface area contributed by atoms with Gasteiger partial charge < -0.3 is 34.8 Å². The Morgan fingerprint density at radius 1 is 1.13 bits per heavy atom. The molecule has 7 nitrogen and oxygen atoms in total. The Morgan fingerprint density at radius 3 is 1.87 bits per heavy atom. The van der Waals surface area contributed by atoms with Crippen LogP contribution in [-0.2, 0) is 4.74 Å². The number of carbonyl (C=O) groups is 2. The van der Waals surface area contributed by atoms with E-state index in [0.717, 1.165) is 6.07 Å². The Morgan fingerprint density at radius 2 is 1.57 bits per heavy atom. The third-order valence-electron chi connectivity index (χ3n) is 2.21. The fraction of sp³-hybridized carbons (Fsp3) is 0.429. The molecule has 0 bridgehead atoms. The first-order valence-corrected chi connectivity index (χ1v) is 6.21. The van der Waals surface area contributed by atoms with Gasteiger partial charge >= 0.3 is 59.1 Å². The second-order valence-corrected chi connectivity index (χ2v) is 4.33. The fourth-order valence-electron chi connectivity index (χ4n) is 1.13. The molecule has 2 atom stereocenters. The molecule has 0 saturated heterocycles. The van der Waals surface area contributed by atoms with Crippen LogP contribution in [0.15, 0.2) is 24.3 Å². The first kappa shape index (κ1) is 27.9. The van der Waals surface area contributed by atoms with Gasteiger partial charge in [-0.25, -0.2) is 0 Å². The zero-order chi connectivity index (χ0) is 16.4. The maximum atomic E-state index is 10.3. The number of benzene rings is 1. The predicted molar refractivity (Wildman–Crippen MR) is 69.3 cm³/mol. The molecule has 1 rings (SSSR count). The zero-order valence-electron chi connectivity index (χ0n) is 13.8. The number of hydrogen-bond donors (Lipinski definition) is 2. The molecule has 0 aliphatic carbocycles. The normalized spacial score (nSPS) is 11.7. The molecule has 1 aromatic rings. The van der Waals surface area contributed by atoms with Gasteiger partial charge in [-0.05, 0) is 31.0 Å². The summed E-state index contributed by atoms with van der Waals surface area (Å²) in [5.41, 5.74) is -0.339. The number of hydrogen-bond acceptors (Lipinski definition) is 7. The average molecular weight is 344 g/mol. The summed E-state index contributed by atoms with van der Waals surface area (Å²) in [7, 11) is 0. The minimum atomic E-state index is -1.40. The van der Waals surface area contributed by atoms with Gasteiger partial charge in [-0.15, -0.1) is 0 Å². The van der Waals surface area contributed by atoms with Crippen molar-refractivity contribution >= 4 is 11.9 Å². The molecule has 0 spiro atoms. The summed E-state index contributed by atoms with van der Waals surface area (Å²) in [6, 6.07) is 4.81. The van der Waals surface area contributed by atoms with E-state index >= 15 is 0 Å². The van der Waals surface area contributed by atoms with Crippen molar-refractivity contribution in [1.82, 2.24) is 0 Å². The van der Waals surface area contributed by atoms with Gasteiger partial charge in [0.2, 0.25) is 0 Å². The third kappa shape index (κ3) is 14.1. The van der Waals surface area contributed by atoms with Crippen molar-refractivity contribution in [3.05, 3.63) is 35.4 Å². The minimum Gasteiger partial charge on any atom is -0.545 e. The topological polar surface area (TPSA) is 130 Å². The fourth-order valence-corrected chi connectivity index (χ4v) is 1.13. The van der Waals surface area contributed by atoms with E-state index in [9.17, 15) is 19.8 Å². The van der Waals surface area contributed by atoms with Crippen LogP contribution < -0.4 is 69.3 Å². The maximum absolute atomic E-state index is 10.3. The van der Waals surface area contributed by atoms with Crippen LogP contribution >= 0.6 is 0 Å². The maximum Gasteiger partial charge on any atom is 1.00 e. The monoisotopic (exact) mass is 344 g/mol. The van der Waals surface area contributed by atoms with Crippen LogP contribution in [0, 0.1) is 0 Å². The van der Waals surface area contributed by atoms with E-state index in [-0.39, 0.29) is 83.0 Å². The van der Waals surface area contributed by atoms with E-state index in [2.05, 4.69) is 0 Å². The van der Waals surface area contributed by atoms with Gasteiger partial charge in [-0.1, -0.05) is 18.2 Å². The number of aromatic carboxylic acids is 2. The smallest absolute Gasteiger partial charge is 0.545 e. The Kier molecular flexibility index (Phi) is 18.9. The van der Waals surface area contributed by atoms with Crippen molar-refractivity contribution in [2.75, 3.05) is 13.2 Å². The van der Waals surface area contributed by atoms with E-state index in [1.807, 2.05) is 0 Å². The number of ether oxygens (including phenoxy) is 1. The SMILES string of the molecule is CC(O)COC(C)CO.O=C([O-])c1cccc(C(=O)[O-])c1.[Na+].[Na+]. The molecular weight excluding hydrogens is 326 g/mol. The van der Waals surface area contributed by atoms with Gasteiger partial charge in [0, 0.05) is 0 Å². The minimum absolute atomic E-state index is 0. The summed E-state index contributed by atoms with van der Waals surface area (Å²) in [6.45, 7) is 3.70. The van der Waals surface area contributed by atoms with Crippen molar-refractivity contribution in [2.24, 2.45) is 0 Å². The third-order valence-corrected chi connectivity index (χ3v) is 2.21. The van der Waals surface area contributed by atoms with Gasteiger partial charge in [0.25, 0.3) is 0 Å². The molecule has 0 saturated carbocycles. The summed E-state index contributed by atoms with van der Waals surface area (Å²) in [6.07, 6.45) is -0.612. The van der Waals surface area contributed by atoms with Crippen molar-refractivity contribution in [3.8, 4) is 0 Å². The molecule has 9 heteroatoms. The van der Waals surface area contributed by atoms with Gasteiger partial charge in [0.1, 0.15) is 0 Å². The molecule has 0 aromatic heterocycles. The second-order valence-electron chi connectivity index (χ2n) is 4.33. The van der Waals surface area contributed by atoms with Crippen LogP contribution in [0.3, 0.4) is 0 Å². The van der Waals surface area contributed by atoms with Crippen LogP contribution in [0.2, 0.25) is 0 Å². The van der Waals surface area contributed by atoms with E-state index in [4.69, 9.17) is 14.9 Å². The number of rotatable bonds is 6. The Bertz CT molecular complexity index is 437. The predicted octanol–water partition coefficient (Wildman–Crippen LogP) is -7.81. The Balaban J connectivity index is -0.000000332. The molecule has 0 radical (unpaired) electrons. The van der Waals surface area contributed by atoms with Crippen molar-refractivity contribution < 1.29 is 93.9 Å². The van der Waals surface area contributed by atoms with Gasteiger partial charge in [0.05, 0.1) is 37.4 Å². The molecule has 23 heavy (non-hydrogen) atoms. The van der Waals surface area contributed by atoms with Gasteiger partial charge in [-0.3, -0.25) is 0 Å². The molecule has 0 aliphatic rings. The standard InChI is InChI=1S/C8H6O4.C6H14O3.2Na/c9-7(10)5-2-1-3-6(4-5)8(11)12;1-5(8)4-9-6(2)3-7;;/h1-4H,(H,9,10)(H,11,12);5-8H,3-4H2,1-2H3;;/q;;2*+1/p-2. The molecule has 0 amide bonds. The first-order valence-electron chi connectivity index (χ1n) is 6.21. The summed E-state index contributed by atoms with van der Waals surface area (Å²) >= 11 is 0. The van der Waals surface area contributed by atoms with Crippen LogP contribution in [0.4, 0.5) is 0 Å². The average Bonchev–Trinajstić information content (AvgIpc) is 2.45. The summed E-state index contributed by atoms with van der Waals surface area (Å²) in [5, 5.41) is 37.6. The number of carboxylic acids is 2. The van der Waals surface area contributed by atoms with E-state index in [1.165, 1.54) is 18.2 Å². The van der Waals surface area contributed by atoms with Gasteiger partial charge in [0.15, 0.2) is 0 Å². The Labute approximate surface area is 179 Å². The molecule has 0 aliphatic heterocycles. The van der Waals surface area contributed by atoms with Gasteiger partial charge in [-0.2, -0.15) is 0 Å². The summed E-state index contributed by atoms with van der Waals surface area (Å²) in [5.74, 6) is -2.81.